The zero-order valence-electron chi connectivity index (χ0n) is 14.6. The Morgan fingerprint density at radius 2 is 1.96 bits per heavy atom. The highest BCUT2D eigenvalue weighted by Crippen LogP contribution is 2.21. The lowest BCUT2D eigenvalue weighted by molar-refractivity contribution is 0.321. The predicted octanol–water partition coefficient (Wildman–Crippen LogP) is 1.87. The fourth-order valence-corrected chi connectivity index (χ4v) is 3.08. The number of aryl methyl sites for hydroxylation is 1. The van der Waals surface area contributed by atoms with Crippen molar-refractivity contribution in [2.24, 2.45) is 0 Å². The van der Waals surface area contributed by atoms with Gasteiger partial charge in [-0.25, -0.2) is 27.5 Å². The lowest BCUT2D eigenvalue weighted by atomic mass is 10.3. The van der Waals surface area contributed by atoms with Crippen LogP contribution in [0.5, 0.6) is 5.75 Å². The van der Waals surface area contributed by atoms with E-state index in [4.69, 9.17) is 4.74 Å². The topological polar surface area (TPSA) is 84.4 Å². The molecule has 0 saturated carbocycles. The first-order valence-electron chi connectivity index (χ1n) is 7.67. The molecule has 0 aliphatic heterocycles. The molecule has 0 fully saturated rings. The van der Waals surface area contributed by atoms with Gasteiger partial charge in [0.15, 0.2) is 11.6 Å². The summed E-state index contributed by atoms with van der Waals surface area (Å²) in [5.41, 5.74) is 0.722. The molecule has 0 aliphatic rings. The van der Waals surface area contributed by atoms with Gasteiger partial charge < -0.3 is 9.64 Å². The molecule has 2 rings (SSSR count). The van der Waals surface area contributed by atoms with Crippen molar-refractivity contribution in [3.8, 4) is 5.75 Å². The first-order chi connectivity index (χ1) is 11.7. The van der Waals surface area contributed by atoms with E-state index >= 15 is 0 Å². The Morgan fingerprint density at radius 1 is 1.24 bits per heavy atom. The molecule has 0 amide bonds. The number of anilines is 1. The van der Waals surface area contributed by atoms with Gasteiger partial charge in [-0.2, -0.15) is 0 Å². The van der Waals surface area contributed by atoms with Crippen LogP contribution in [0.4, 0.5) is 10.2 Å². The molecule has 1 aromatic heterocycles. The van der Waals surface area contributed by atoms with Crippen LogP contribution in [0.25, 0.3) is 0 Å². The fraction of sp³-hybridized carbons (Fsp3) is 0.375. The summed E-state index contributed by atoms with van der Waals surface area (Å²) in [7, 11) is -0.234. The van der Waals surface area contributed by atoms with Crippen molar-refractivity contribution in [2.75, 3.05) is 25.6 Å². The molecule has 25 heavy (non-hydrogen) atoms. The lowest BCUT2D eigenvalue weighted by Crippen LogP contribution is -2.25. The van der Waals surface area contributed by atoms with Crippen LogP contribution in [0.1, 0.15) is 18.4 Å². The number of nitrogens with zero attached hydrogens (tertiary/aromatic N) is 3. The fourth-order valence-electron chi connectivity index (χ4n) is 2.08. The third kappa shape index (κ3) is 4.86. The molecule has 0 aliphatic carbocycles. The number of ether oxygens (including phenoxy) is 1. The van der Waals surface area contributed by atoms with E-state index in [1.54, 1.807) is 24.8 Å². The third-order valence-electron chi connectivity index (χ3n) is 3.28. The second-order valence-electron chi connectivity index (χ2n) is 5.53. The average Bonchev–Trinajstić information content (AvgIpc) is 2.54. The molecule has 1 aromatic carbocycles. The van der Waals surface area contributed by atoms with E-state index in [-0.39, 0.29) is 17.2 Å². The van der Waals surface area contributed by atoms with E-state index in [9.17, 15) is 12.8 Å². The summed E-state index contributed by atoms with van der Waals surface area (Å²) in [4.78, 5) is 10.1. The van der Waals surface area contributed by atoms with Crippen LogP contribution in [-0.2, 0) is 16.6 Å². The highest BCUT2D eigenvalue weighted by Gasteiger charge is 2.17. The monoisotopic (exact) mass is 368 g/mol. The largest absolute Gasteiger partial charge is 0.491 e. The number of nitrogens with one attached hydrogen (secondary N) is 1. The first kappa shape index (κ1) is 19.1. The van der Waals surface area contributed by atoms with Gasteiger partial charge in [-0.15, -0.1) is 0 Å². The molecule has 0 radical (unpaired) electrons. The summed E-state index contributed by atoms with van der Waals surface area (Å²) in [6.45, 7) is 3.71. The molecule has 7 nitrogen and oxygen atoms in total. The van der Waals surface area contributed by atoms with Crippen LogP contribution in [0, 0.1) is 12.7 Å². The van der Waals surface area contributed by atoms with Gasteiger partial charge in [0, 0.05) is 25.9 Å². The lowest BCUT2D eigenvalue weighted by Gasteiger charge is -2.13. The third-order valence-corrected chi connectivity index (χ3v) is 4.68. The molecule has 0 unspecified atom stereocenters. The minimum Gasteiger partial charge on any atom is -0.491 e. The molecule has 136 valence electrons. The van der Waals surface area contributed by atoms with Crippen LogP contribution < -0.4 is 14.4 Å². The van der Waals surface area contributed by atoms with Crippen molar-refractivity contribution < 1.29 is 17.5 Å². The SMILES string of the molecule is CCOc1ccc(S(=O)(=O)NCc2nc(C)cc(N(C)C)n2)cc1F. The van der Waals surface area contributed by atoms with Crippen LogP contribution in [0.2, 0.25) is 0 Å². The number of sulfonamides is 1. The summed E-state index contributed by atoms with van der Waals surface area (Å²) in [6.07, 6.45) is 0. The van der Waals surface area contributed by atoms with Crippen molar-refractivity contribution in [3.05, 3.63) is 41.6 Å². The number of benzene rings is 1. The Labute approximate surface area is 146 Å². The van der Waals surface area contributed by atoms with Crippen molar-refractivity contribution in [1.82, 2.24) is 14.7 Å². The summed E-state index contributed by atoms with van der Waals surface area (Å²) < 4.78 is 46.0. The predicted molar refractivity (Wildman–Crippen MR) is 92.7 cm³/mol. The maximum absolute atomic E-state index is 13.9. The Bertz CT molecular complexity index is 856. The van der Waals surface area contributed by atoms with Crippen LogP contribution in [0.15, 0.2) is 29.2 Å². The summed E-state index contributed by atoms with van der Waals surface area (Å²) in [6, 6.07) is 5.30. The number of hydrogen-bond donors (Lipinski definition) is 1. The van der Waals surface area contributed by atoms with Gasteiger partial charge in [0.1, 0.15) is 11.6 Å². The van der Waals surface area contributed by atoms with Crippen LogP contribution >= 0.6 is 0 Å². The Hall–Kier alpha value is -2.26. The van der Waals surface area contributed by atoms with Crippen molar-refractivity contribution in [1.29, 1.82) is 0 Å². The van der Waals surface area contributed by atoms with Gasteiger partial charge in [-0.3, -0.25) is 0 Å². The van der Waals surface area contributed by atoms with Crippen LogP contribution in [-0.4, -0.2) is 39.1 Å². The molecule has 1 heterocycles. The van der Waals surface area contributed by atoms with E-state index < -0.39 is 15.8 Å². The molecule has 9 heteroatoms. The minimum absolute atomic E-state index is 0.0130. The van der Waals surface area contributed by atoms with Crippen molar-refractivity contribution >= 4 is 15.8 Å². The van der Waals surface area contributed by atoms with Crippen molar-refractivity contribution in [2.45, 2.75) is 25.3 Å². The molecular weight excluding hydrogens is 347 g/mol. The Kier molecular flexibility index (Phi) is 5.91. The van der Waals surface area contributed by atoms with Crippen molar-refractivity contribution in [3.63, 3.8) is 0 Å². The molecule has 0 spiro atoms. The maximum Gasteiger partial charge on any atom is 0.241 e. The molecule has 1 N–H and O–H groups in total. The summed E-state index contributed by atoms with van der Waals surface area (Å²) in [5.74, 6) is 0.290. The Morgan fingerprint density at radius 3 is 2.56 bits per heavy atom. The Balaban J connectivity index is 2.18. The maximum atomic E-state index is 13.9. The number of halogens is 1. The summed E-state index contributed by atoms with van der Waals surface area (Å²) in [5, 5.41) is 0. The smallest absolute Gasteiger partial charge is 0.241 e. The molecule has 2 aromatic rings. The number of hydrogen-bond acceptors (Lipinski definition) is 6. The van der Waals surface area contributed by atoms with Gasteiger partial charge in [0.2, 0.25) is 10.0 Å². The molecule has 0 bridgehead atoms. The summed E-state index contributed by atoms with van der Waals surface area (Å²) >= 11 is 0. The van der Waals surface area contributed by atoms with E-state index in [0.717, 1.165) is 11.8 Å². The standard InChI is InChI=1S/C16H21FN4O3S/c1-5-24-14-7-6-12(9-13(14)17)25(22,23)18-10-15-19-11(2)8-16(20-15)21(3)4/h6-9,18H,5,10H2,1-4H3. The van der Waals surface area contributed by atoms with E-state index in [1.807, 2.05) is 14.1 Å². The highest BCUT2D eigenvalue weighted by molar-refractivity contribution is 7.89. The van der Waals surface area contributed by atoms with E-state index in [2.05, 4.69) is 14.7 Å². The molecule has 0 atom stereocenters. The van der Waals surface area contributed by atoms with Crippen LogP contribution in [0.3, 0.4) is 0 Å². The highest BCUT2D eigenvalue weighted by atomic mass is 32.2. The van der Waals surface area contributed by atoms with Gasteiger partial charge in [-0.05, 0) is 32.0 Å². The average molecular weight is 368 g/mol. The normalized spacial score (nSPS) is 11.4. The second kappa shape index (κ2) is 7.75. The van der Waals surface area contributed by atoms with Gasteiger partial charge in [0.05, 0.1) is 18.0 Å². The van der Waals surface area contributed by atoms with Gasteiger partial charge in [-0.1, -0.05) is 0 Å². The zero-order valence-corrected chi connectivity index (χ0v) is 15.4. The van der Waals surface area contributed by atoms with Gasteiger partial charge >= 0.3 is 0 Å². The number of aromatic nitrogens is 2. The van der Waals surface area contributed by atoms with E-state index in [0.29, 0.717) is 18.2 Å². The molecular formula is C16H21FN4O3S. The first-order valence-corrected chi connectivity index (χ1v) is 9.15. The zero-order chi connectivity index (χ0) is 18.6. The van der Waals surface area contributed by atoms with E-state index in [1.165, 1.54) is 12.1 Å². The second-order valence-corrected chi connectivity index (χ2v) is 7.29. The minimum atomic E-state index is -3.90. The molecule has 0 saturated heterocycles. The van der Waals surface area contributed by atoms with Gasteiger partial charge in [0.25, 0.3) is 0 Å². The number of rotatable bonds is 7. The quantitative estimate of drug-likeness (QED) is 0.803.